The number of carbonyl (C=O) groups excluding carboxylic acids is 1. The van der Waals surface area contributed by atoms with Gasteiger partial charge in [0.1, 0.15) is 11.5 Å². The van der Waals surface area contributed by atoms with E-state index in [1.165, 1.54) is 36.7 Å². The van der Waals surface area contributed by atoms with E-state index in [4.69, 9.17) is 15.2 Å². The minimum Gasteiger partial charge on any atom is -0.494 e. The number of sulfone groups is 1. The summed E-state index contributed by atoms with van der Waals surface area (Å²) in [4.78, 5) is 12.4. The fourth-order valence-electron chi connectivity index (χ4n) is 2.98. The molecule has 0 saturated heterocycles. The molecule has 0 saturated carbocycles. The van der Waals surface area contributed by atoms with E-state index in [0.29, 0.717) is 30.3 Å². The fraction of sp³-hybridized carbons (Fsp3) is 0.458. The first-order valence-electron chi connectivity index (χ1n) is 11.0. The Morgan fingerprint density at radius 2 is 1.52 bits per heavy atom. The average Bonchev–Trinajstić information content (AvgIpc) is 2.80. The smallest absolute Gasteiger partial charge is 0.265 e. The number of unbranched alkanes of at least 4 members (excludes halogenated alkanes) is 1. The van der Waals surface area contributed by atoms with Gasteiger partial charge < -0.3 is 15.2 Å². The Bertz CT molecular complexity index is 946. The van der Waals surface area contributed by atoms with E-state index in [1.807, 2.05) is 13.8 Å². The Morgan fingerprint density at radius 1 is 1.00 bits per heavy atom. The molecule has 33 heavy (non-hydrogen) atoms. The van der Waals surface area contributed by atoms with Gasteiger partial charge in [0.15, 0.2) is 14.6 Å². The van der Waals surface area contributed by atoms with Crippen LogP contribution in [0.1, 0.15) is 46.1 Å². The van der Waals surface area contributed by atoms with E-state index >= 15 is 0 Å². The number of rotatable bonds is 11. The van der Waals surface area contributed by atoms with Crippen molar-refractivity contribution in [2.75, 3.05) is 19.8 Å². The largest absolute Gasteiger partial charge is 0.494 e. The molecule has 0 aliphatic carbocycles. The highest BCUT2D eigenvalue weighted by atomic mass is 32.2. The number of benzene rings is 2. The molecule has 9 heteroatoms. The Morgan fingerprint density at radius 3 is 2.00 bits per heavy atom. The van der Waals surface area contributed by atoms with Crippen LogP contribution in [-0.4, -0.2) is 44.0 Å². The number of amides is 1. The maximum Gasteiger partial charge on any atom is 0.265 e. The third-order valence-electron chi connectivity index (χ3n) is 4.85. The van der Waals surface area contributed by atoms with Gasteiger partial charge in [0.05, 0.1) is 18.1 Å². The molecule has 0 heterocycles. The monoisotopic (exact) mass is 480 g/mol. The SMILES string of the molecule is CCCCOc1ccc(CC(C)(C(=O)NO)S(=O)(=O)c2ccc(OCC)cc2)cc1.CCN. The maximum absolute atomic E-state index is 13.3. The van der Waals surface area contributed by atoms with E-state index in [2.05, 4.69) is 6.92 Å². The fourth-order valence-corrected chi connectivity index (χ4v) is 4.65. The van der Waals surface area contributed by atoms with Gasteiger partial charge in [0, 0.05) is 6.42 Å². The van der Waals surface area contributed by atoms with Gasteiger partial charge in [-0.15, -0.1) is 0 Å². The first-order valence-corrected chi connectivity index (χ1v) is 12.5. The van der Waals surface area contributed by atoms with Crippen LogP contribution < -0.4 is 20.7 Å². The number of hydroxylamine groups is 1. The Balaban J connectivity index is 0.00000172. The minimum atomic E-state index is -4.13. The van der Waals surface area contributed by atoms with Crippen LogP contribution in [0.2, 0.25) is 0 Å². The standard InChI is InChI=1S/C22H29NO6S.C2H7N/c1-4-6-15-29-19-9-7-17(8-10-19)16-22(3,21(24)23-25)30(26,27)20-13-11-18(12-14-20)28-5-2;1-2-3/h7-14,25H,4-6,15-16H2,1-3H3,(H,23,24);2-3H2,1H3. The lowest BCUT2D eigenvalue weighted by Gasteiger charge is -2.27. The molecule has 2 aromatic carbocycles. The van der Waals surface area contributed by atoms with Gasteiger partial charge in [-0.2, -0.15) is 0 Å². The van der Waals surface area contributed by atoms with E-state index in [-0.39, 0.29) is 11.3 Å². The van der Waals surface area contributed by atoms with Gasteiger partial charge in [-0.25, -0.2) is 13.9 Å². The van der Waals surface area contributed by atoms with Gasteiger partial charge in [-0.3, -0.25) is 10.0 Å². The lowest BCUT2D eigenvalue weighted by Crippen LogP contribution is -2.51. The third-order valence-corrected chi connectivity index (χ3v) is 7.26. The van der Waals surface area contributed by atoms with Crippen LogP contribution in [0.15, 0.2) is 53.4 Å². The summed E-state index contributed by atoms with van der Waals surface area (Å²) in [6.45, 7) is 8.91. The van der Waals surface area contributed by atoms with Crippen molar-refractivity contribution in [3.8, 4) is 11.5 Å². The van der Waals surface area contributed by atoms with Gasteiger partial charge >= 0.3 is 0 Å². The van der Waals surface area contributed by atoms with Crippen LogP contribution in [0, 0.1) is 0 Å². The Labute approximate surface area is 197 Å². The lowest BCUT2D eigenvalue weighted by molar-refractivity contribution is -0.131. The van der Waals surface area contributed by atoms with Crippen LogP contribution >= 0.6 is 0 Å². The molecule has 0 aliphatic heterocycles. The summed E-state index contributed by atoms with van der Waals surface area (Å²) in [7, 11) is -4.13. The van der Waals surface area contributed by atoms with E-state index in [0.717, 1.165) is 19.4 Å². The minimum absolute atomic E-state index is 0.0310. The molecule has 8 nitrogen and oxygen atoms in total. The van der Waals surface area contributed by atoms with Gasteiger partial charge in [-0.05, 0) is 68.8 Å². The maximum atomic E-state index is 13.3. The molecule has 2 rings (SSSR count). The predicted molar refractivity (Wildman–Crippen MR) is 128 cm³/mol. The van der Waals surface area contributed by atoms with Crippen LogP contribution in [-0.2, 0) is 21.1 Å². The van der Waals surface area contributed by atoms with Crippen LogP contribution in [0.4, 0.5) is 0 Å². The van der Waals surface area contributed by atoms with Crippen molar-refractivity contribution < 1.29 is 27.9 Å². The molecular weight excluding hydrogens is 444 g/mol. The second kappa shape index (κ2) is 13.8. The molecule has 1 atom stereocenters. The van der Waals surface area contributed by atoms with E-state index in [1.54, 1.807) is 24.3 Å². The molecule has 0 aliphatic rings. The van der Waals surface area contributed by atoms with Crippen LogP contribution in [0.5, 0.6) is 11.5 Å². The highest BCUT2D eigenvalue weighted by Crippen LogP contribution is 2.31. The first kappa shape index (κ1) is 28.4. The average molecular weight is 481 g/mol. The van der Waals surface area contributed by atoms with Crippen molar-refractivity contribution in [3.05, 3.63) is 54.1 Å². The quantitative estimate of drug-likeness (QED) is 0.255. The molecule has 0 spiro atoms. The molecule has 2 aromatic rings. The van der Waals surface area contributed by atoms with Gasteiger partial charge in [0.2, 0.25) is 0 Å². The number of ether oxygens (including phenoxy) is 2. The molecule has 1 unspecified atom stereocenters. The summed E-state index contributed by atoms with van der Waals surface area (Å²) in [6, 6.07) is 12.8. The molecular formula is C24H36N2O6S. The summed E-state index contributed by atoms with van der Waals surface area (Å²) >= 11 is 0. The highest BCUT2D eigenvalue weighted by Gasteiger charge is 2.47. The second-order valence-corrected chi connectivity index (χ2v) is 9.89. The number of carbonyl (C=O) groups is 1. The normalized spacial score (nSPS) is 12.7. The molecule has 0 aromatic heterocycles. The van der Waals surface area contributed by atoms with Crippen molar-refractivity contribution in [1.82, 2.24) is 5.48 Å². The van der Waals surface area contributed by atoms with Crippen LogP contribution in [0.25, 0.3) is 0 Å². The lowest BCUT2D eigenvalue weighted by atomic mass is 9.99. The molecule has 0 radical (unpaired) electrons. The van der Waals surface area contributed by atoms with Crippen molar-refractivity contribution in [3.63, 3.8) is 0 Å². The molecule has 4 N–H and O–H groups in total. The summed E-state index contributed by atoms with van der Waals surface area (Å²) in [5, 5.41) is 9.23. The number of hydrogen-bond acceptors (Lipinski definition) is 7. The molecule has 0 bridgehead atoms. The summed E-state index contributed by atoms with van der Waals surface area (Å²) < 4.78 is 35.7. The Kier molecular flexibility index (Phi) is 11.9. The van der Waals surface area contributed by atoms with Crippen LogP contribution in [0.3, 0.4) is 0 Å². The molecule has 184 valence electrons. The zero-order valence-electron chi connectivity index (χ0n) is 19.8. The van der Waals surface area contributed by atoms with Gasteiger partial charge in [-0.1, -0.05) is 32.4 Å². The zero-order valence-corrected chi connectivity index (χ0v) is 20.7. The van der Waals surface area contributed by atoms with E-state index in [9.17, 15) is 18.4 Å². The van der Waals surface area contributed by atoms with Crippen molar-refractivity contribution >= 4 is 15.7 Å². The van der Waals surface area contributed by atoms with E-state index < -0.39 is 20.5 Å². The van der Waals surface area contributed by atoms with Gasteiger partial charge in [0.25, 0.3) is 5.91 Å². The predicted octanol–water partition coefficient (Wildman–Crippen LogP) is 3.51. The number of nitrogens with one attached hydrogen (secondary N) is 1. The zero-order chi connectivity index (χ0) is 24.9. The summed E-state index contributed by atoms with van der Waals surface area (Å²) in [5.74, 6) is 0.206. The van der Waals surface area contributed by atoms with Crippen molar-refractivity contribution in [1.29, 1.82) is 0 Å². The Hall–Kier alpha value is -2.62. The third kappa shape index (κ3) is 7.73. The van der Waals surface area contributed by atoms with Crippen molar-refractivity contribution in [2.45, 2.75) is 56.6 Å². The van der Waals surface area contributed by atoms with Crippen molar-refractivity contribution in [2.24, 2.45) is 5.73 Å². The number of hydrogen-bond donors (Lipinski definition) is 3. The molecule has 0 fully saturated rings. The summed E-state index contributed by atoms with van der Waals surface area (Å²) in [5.41, 5.74) is 6.98. The first-order chi connectivity index (χ1) is 15.7. The highest BCUT2D eigenvalue weighted by molar-refractivity contribution is 7.93. The second-order valence-electron chi connectivity index (χ2n) is 7.51. The molecule has 1 amide bonds. The topological polar surface area (TPSA) is 128 Å². The number of nitrogens with two attached hydrogens (primary N) is 1. The summed E-state index contributed by atoms with van der Waals surface area (Å²) in [6.07, 6.45) is 1.84.